The Morgan fingerprint density at radius 3 is 1.09 bits per heavy atom. The van der Waals surface area contributed by atoms with Gasteiger partial charge < -0.3 is 17.8 Å². The van der Waals surface area contributed by atoms with Crippen LogP contribution in [-0.2, 0) is 20.2 Å². The molecular weight excluding hydrogens is 625 g/mol. The van der Waals surface area contributed by atoms with Crippen LogP contribution in [-0.4, -0.2) is 41.6 Å². The van der Waals surface area contributed by atoms with Crippen molar-refractivity contribution in [2.24, 2.45) is 0 Å². The van der Waals surface area contributed by atoms with Crippen LogP contribution in [0, 0.1) is 13.8 Å². The van der Waals surface area contributed by atoms with Crippen molar-refractivity contribution in [1.29, 1.82) is 0 Å². The molecule has 0 aromatic heterocycles. The summed E-state index contributed by atoms with van der Waals surface area (Å²) >= 11 is 0. The molecule has 0 aliphatic heterocycles. The number of aryl methyl sites for hydroxylation is 2. The molecule has 4 aromatic carbocycles. The molecular formula is C36H42O8S2. The van der Waals surface area contributed by atoms with E-state index in [2.05, 4.69) is 13.8 Å². The first-order chi connectivity index (χ1) is 22.0. The lowest BCUT2D eigenvalue weighted by molar-refractivity contribution is 0.335. The lowest BCUT2D eigenvalue weighted by atomic mass is 9.78. The summed E-state index contributed by atoms with van der Waals surface area (Å²) in [4.78, 5) is 0. The average molecular weight is 667 g/mol. The van der Waals surface area contributed by atoms with Gasteiger partial charge in [0.1, 0.15) is 47.7 Å². The first-order valence-electron chi connectivity index (χ1n) is 15.4. The second kappa shape index (κ2) is 16.0. The van der Waals surface area contributed by atoms with E-state index >= 15 is 0 Å². The maximum absolute atomic E-state index is 12.3. The Hall–Kier alpha value is -4.02. The van der Waals surface area contributed by atoms with Crippen LogP contribution >= 0.6 is 0 Å². The summed E-state index contributed by atoms with van der Waals surface area (Å²) in [5.41, 5.74) is 4.36. The molecule has 0 spiro atoms. The van der Waals surface area contributed by atoms with Gasteiger partial charge in [-0.15, -0.1) is 0 Å². The Balaban J connectivity index is 1.28. The standard InChI is InChI=1S/C36H42O8S2/c1-5-35(29-11-19-31(20-12-29)41-23-25-45(37,38)43-33-15-7-27(3)8-16-33)36(6-2)30-13-21-32(22-14-30)42-24-26-46(39,40)44-34-17-9-28(4)10-18-34/h7-22,35-36H,5-6,23-26H2,1-4H3/t35-,36-/m1/s1. The molecule has 0 heterocycles. The summed E-state index contributed by atoms with van der Waals surface area (Å²) in [6.45, 7) is 8.11. The van der Waals surface area contributed by atoms with E-state index in [-0.39, 0.29) is 48.1 Å². The van der Waals surface area contributed by atoms with Crippen LogP contribution in [0.2, 0.25) is 0 Å². The van der Waals surface area contributed by atoms with Gasteiger partial charge in [0.25, 0.3) is 0 Å². The summed E-state index contributed by atoms with van der Waals surface area (Å²) in [7, 11) is -7.57. The number of ether oxygens (including phenoxy) is 2. The molecule has 2 atom stereocenters. The number of hydrogen-bond acceptors (Lipinski definition) is 8. The highest BCUT2D eigenvalue weighted by molar-refractivity contribution is 7.87. The zero-order chi connectivity index (χ0) is 33.2. The van der Waals surface area contributed by atoms with E-state index < -0.39 is 20.2 Å². The van der Waals surface area contributed by atoms with Crippen LogP contribution in [0.15, 0.2) is 97.1 Å². The second-order valence-corrected chi connectivity index (χ2v) is 14.6. The minimum atomic E-state index is -3.78. The third kappa shape index (κ3) is 10.5. The van der Waals surface area contributed by atoms with Gasteiger partial charge in [0.05, 0.1) is 0 Å². The third-order valence-corrected chi connectivity index (χ3v) is 9.90. The predicted molar refractivity (Wildman–Crippen MR) is 181 cm³/mol. The lowest BCUT2D eigenvalue weighted by Crippen LogP contribution is -2.19. The zero-order valence-corrected chi connectivity index (χ0v) is 28.4. The molecule has 46 heavy (non-hydrogen) atoms. The molecule has 246 valence electrons. The molecule has 0 radical (unpaired) electrons. The summed E-state index contributed by atoms with van der Waals surface area (Å²) in [6, 6.07) is 29.3. The van der Waals surface area contributed by atoms with Crippen molar-refractivity contribution in [2.75, 3.05) is 24.7 Å². The van der Waals surface area contributed by atoms with Gasteiger partial charge in [0, 0.05) is 0 Å². The molecule has 0 saturated carbocycles. The number of hydrogen-bond donors (Lipinski definition) is 0. The molecule has 0 fully saturated rings. The van der Waals surface area contributed by atoms with Crippen LogP contribution in [0.3, 0.4) is 0 Å². The van der Waals surface area contributed by atoms with Crippen molar-refractivity contribution in [3.63, 3.8) is 0 Å². The van der Waals surface area contributed by atoms with Crippen LogP contribution in [0.5, 0.6) is 23.0 Å². The molecule has 8 nitrogen and oxygen atoms in total. The van der Waals surface area contributed by atoms with Crippen LogP contribution in [0.1, 0.15) is 60.8 Å². The van der Waals surface area contributed by atoms with Crippen molar-refractivity contribution in [3.05, 3.63) is 119 Å². The summed E-state index contributed by atoms with van der Waals surface area (Å²) in [5.74, 6) is 1.70. The smallest absolute Gasteiger partial charge is 0.312 e. The van der Waals surface area contributed by atoms with Crippen molar-refractivity contribution in [1.82, 2.24) is 0 Å². The first-order valence-corrected chi connectivity index (χ1v) is 18.6. The monoisotopic (exact) mass is 666 g/mol. The van der Waals surface area contributed by atoms with Gasteiger partial charge in [0.15, 0.2) is 0 Å². The molecule has 10 heteroatoms. The fourth-order valence-corrected chi connectivity index (χ4v) is 6.77. The Morgan fingerprint density at radius 1 is 0.478 bits per heavy atom. The largest absolute Gasteiger partial charge is 0.492 e. The number of rotatable bonds is 17. The second-order valence-electron chi connectivity index (χ2n) is 11.2. The van der Waals surface area contributed by atoms with E-state index in [1.165, 1.54) is 0 Å². The zero-order valence-electron chi connectivity index (χ0n) is 26.7. The maximum atomic E-state index is 12.3. The highest BCUT2D eigenvalue weighted by Crippen LogP contribution is 2.39. The summed E-state index contributed by atoms with van der Waals surface area (Å²) < 4.78 is 71.1. The fourth-order valence-electron chi connectivity index (χ4n) is 5.21. The van der Waals surface area contributed by atoms with Gasteiger partial charge in [-0.2, -0.15) is 16.8 Å². The quantitative estimate of drug-likeness (QED) is 0.106. The number of benzene rings is 4. The minimum absolute atomic E-state index is 0.0253. The first kappa shape index (κ1) is 34.8. The van der Waals surface area contributed by atoms with Gasteiger partial charge in [-0.05, 0) is 98.2 Å². The average Bonchev–Trinajstić information content (AvgIpc) is 3.02. The van der Waals surface area contributed by atoms with Gasteiger partial charge >= 0.3 is 20.2 Å². The van der Waals surface area contributed by atoms with E-state index in [4.69, 9.17) is 17.8 Å². The molecule has 0 bridgehead atoms. The van der Waals surface area contributed by atoms with Crippen molar-refractivity contribution in [3.8, 4) is 23.0 Å². The molecule has 0 saturated heterocycles. The predicted octanol–water partition coefficient (Wildman–Crippen LogP) is 7.57. The van der Waals surface area contributed by atoms with E-state index in [0.717, 1.165) is 35.1 Å². The normalized spacial score (nSPS) is 13.0. The van der Waals surface area contributed by atoms with E-state index in [9.17, 15) is 16.8 Å². The van der Waals surface area contributed by atoms with Crippen molar-refractivity contribution in [2.45, 2.75) is 52.4 Å². The molecule has 0 unspecified atom stereocenters. The van der Waals surface area contributed by atoms with Gasteiger partial charge in [0.2, 0.25) is 0 Å². The van der Waals surface area contributed by atoms with Gasteiger partial charge in [-0.25, -0.2) is 0 Å². The Morgan fingerprint density at radius 2 is 0.783 bits per heavy atom. The van der Waals surface area contributed by atoms with Crippen LogP contribution in [0.25, 0.3) is 0 Å². The van der Waals surface area contributed by atoms with Crippen LogP contribution < -0.4 is 17.8 Å². The molecule has 0 N–H and O–H groups in total. The molecule has 0 amide bonds. The van der Waals surface area contributed by atoms with Gasteiger partial charge in [-0.1, -0.05) is 73.5 Å². The molecule has 4 aromatic rings. The molecule has 4 rings (SSSR count). The van der Waals surface area contributed by atoms with Crippen molar-refractivity contribution < 1.29 is 34.7 Å². The van der Waals surface area contributed by atoms with E-state index in [1.54, 1.807) is 48.5 Å². The highest BCUT2D eigenvalue weighted by atomic mass is 32.2. The minimum Gasteiger partial charge on any atom is -0.492 e. The maximum Gasteiger partial charge on any atom is 0.312 e. The van der Waals surface area contributed by atoms with Crippen LogP contribution in [0.4, 0.5) is 0 Å². The Kier molecular flexibility index (Phi) is 12.1. The van der Waals surface area contributed by atoms with Crippen molar-refractivity contribution >= 4 is 20.2 Å². The molecule has 0 aliphatic rings. The SMILES string of the molecule is CC[C@H](c1ccc(OCCS(=O)(=O)Oc2ccc(C)cc2)cc1)[C@H](CC)c1ccc(OCCS(=O)(=O)Oc2ccc(C)cc2)cc1. The molecule has 0 aliphatic carbocycles. The summed E-state index contributed by atoms with van der Waals surface area (Å²) in [6.07, 6.45) is 1.84. The lowest BCUT2D eigenvalue weighted by Gasteiger charge is -2.26. The Labute approximate surface area is 273 Å². The third-order valence-electron chi connectivity index (χ3n) is 7.67. The summed E-state index contributed by atoms with van der Waals surface area (Å²) in [5, 5.41) is 0. The highest BCUT2D eigenvalue weighted by Gasteiger charge is 2.22. The topological polar surface area (TPSA) is 105 Å². The Bertz CT molecular complexity index is 1600. The van der Waals surface area contributed by atoms with E-state index in [1.807, 2.05) is 62.4 Å². The van der Waals surface area contributed by atoms with E-state index in [0.29, 0.717) is 11.5 Å². The van der Waals surface area contributed by atoms with Gasteiger partial charge in [-0.3, -0.25) is 0 Å². The fraction of sp³-hybridized carbons (Fsp3) is 0.333.